The van der Waals surface area contributed by atoms with Gasteiger partial charge in [-0.25, -0.2) is 4.98 Å². The van der Waals surface area contributed by atoms with E-state index in [1.165, 1.54) is 17.4 Å². The van der Waals surface area contributed by atoms with E-state index in [-0.39, 0.29) is 5.91 Å². The van der Waals surface area contributed by atoms with Crippen LogP contribution in [0.5, 0.6) is 0 Å². The van der Waals surface area contributed by atoms with Gasteiger partial charge in [0.15, 0.2) is 0 Å². The Morgan fingerprint density at radius 1 is 1.82 bits per heavy atom. The molecule has 4 heteroatoms. The topological polar surface area (TPSA) is 46.3 Å². The van der Waals surface area contributed by atoms with E-state index >= 15 is 0 Å². The van der Waals surface area contributed by atoms with Crippen molar-refractivity contribution in [3.8, 4) is 0 Å². The lowest BCUT2D eigenvalue weighted by Gasteiger charge is -2.09. The lowest BCUT2D eigenvalue weighted by Crippen LogP contribution is -2.25. The molecule has 0 N–H and O–H groups in total. The Labute approximate surface area is 64.8 Å². The molecule has 0 saturated heterocycles. The van der Waals surface area contributed by atoms with Crippen LogP contribution in [0.2, 0.25) is 0 Å². The van der Waals surface area contributed by atoms with E-state index in [0.717, 1.165) is 0 Å². The number of anilines is 1. The fourth-order valence-electron chi connectivity index (χ4n) is 0.725. The number of amides is 1. The lowest BCUT2D eigenvalue weighted by molar-refractivity contribution is -0.118. The zero-order valence-electron chi connectivity index (χ0n) is 6.57. The van der Waals surface area contributed by atoms with Crippen molar-refractivity contribution >= 4 is 11.9 Å². The van der Waals surface area contributed by atoms with Gasteiger partial charge in [0.2, 0.25) is 5.91 Å². The zero-order chi connectivity index (χ0) is 8.27. The van der Waals surface area contributed by atoms with Gasteiger partial charge in [-0.2, -0.15) is 0 Å². The highest BCUT2D eigenvalue weighted by molar-refractivity contribution is 5.90. The maximum absolute atomic E-state index is 11.0. The molecule has 0 bridgehead atoms. The van der Waals surface area contributed by atoms with Gasteiger partial charge in [0, 0.05) is 13.5 Å². The van der Waals surface area contributed by atoms with Gasteiger partial charge in [0.25, 0.3) is 0 Å². The molecule has 4 nitrogen and oxygen atoms in total. The van der Waals surface area contributed by atoms with Gasteiger partial charge in [-0.05, 0) is 0 Å². The number of hydrogen-bond acceptors (Lipinski definition) is 3. The molecular formula is C7H10N2O2. The normalized spacial score (nSPS) is 9.64. The van der Waals surface area contributed by atoms with Gasteiger partial charge in [-0.15, -0.1) is 0 Å². The molecule has 0 saturated carbocycles. The molecule has 11 heavy (non-hydrogen) atoms. The van der Waals surface area contributed by atoms with E-state index in [1.54, 1.807) is 14.0 Å². The zero-order valence-corrected chi connectivity index (χ0v) is 6.57. The van der Waals surface area contributed by atoms with Gasteiger partial charge >= 0.3 is 6.01 Å². The summed E-state index contributed by atoms with van der Waals surface area (Å²) in [7, 11) is 1.64. The van der Waals surface area contributed by atoms with Crippen LogP contribution in [-0.4, -0.2) is 17.9 Å². The van der Waals surface area contributed by atoms with Crippen molar-refractivity contribution in [2.75, 3.05) is 11.9 Å². The molecule has 0 aromatic carbocycles. The van der Waals surface area contributed by atoms with Gasteiger partial charge in [-0.3, -0.25) is 9.69 Å². The summed E-state index contributed by atoms with van der Waals surface area (Å²) in [4.78, 5) is 16.2. The van der Waals surface area contributed by atoms with E-state index in [1.807, 2.05) is 0 Å². The molecule has 1 rings (SSSR count). The van der Waals surface area contributed by atoms with Crippen molar-refractivity contribution in [2.45, 2.75) is 13.3 Å². The molecule has 0 radical (unpaired) electrons. The summed E-state index contributed by atoms with van der Waals surface area (Å²) in [6.07, 6.45) is 3.41. The predicted octanol–water partition coefficient (Wildman–Crippen LogP) is 1.05. The molecule has 1 aromatic rings. The molecule has 1 aromatic heterocycles. The minimum Gasteiger partial charge on any atom is -0.432 e. The highest BCUT2D eigenvalue weighted by Gasteiger charge is 2.11. The highest BCUT2D eigenvalue weighted by Crippen LogP contribution is 2.08. The number of carbonyl (C=O) groups excluding carboxylic acids is 1. The Morgan fingerprint density at radius 3 is 3.00 bits per heavy atom. The quantitative estimate of drug-likeness (QED) is 0.639. The molecule has 0 aliphatic heterocycles. The van der Waals surface area contributed by atoms with E-state index in [0.29, 0.717) is 12.4 Å². The van der Waals surface area contributed by atoms with Crippen molar-refractivity contribution < 1.29 is 9.21 Å². The van der Waals surface area contributed by atoms with Gasteiger partial charge in [-0.1, -0.05) is 6.92 Å². The predicted molar refractivity (Wildman–Crippen MR) is 40.2 cm³/mol. The minimum atomic E-state index is -0.00699. The molecule has 60 valence electrons. The molecule has 1 heterocycles. The van der Waals surface area contributed by atoms with E-state index < -0.39 is 0 Å². The fourth-order valence-corrected chi connectivity index (χ4v) is 0.725. The van der Waals surface area contributed by atoms with Crippen molar-refractivity contribution in [1.29, 1.82) is 0 Å². The number of carbonyl (C=O) groups is 1. The molecule has 0 unspecified atom stereocenters. The third-order valence-corrected chi connectivity index (χ3v) is 1.38. The second-order valence-electron chi connectivity index (χ2n) is 2.12. The Balaban J connectivity index is 2.70. The monoisotopic (exact) mass is 154 g/mol. The van der Waals surface area contributed by atoms with Crippen LogP contribution in [0.15, 0.2) is 16.9 Å². The second kappa shape index (κ2) is 3.18. The Bertz CT molecular complexity index is 231. The summed E-state index contributed by atoms with van der Waals surface area (Å²) in [5.74, 6) is -0.00699. The first-order chi connectivity index (χ1) is 5.25. The summed E-state index contributed by atoms with van der Waals surface area (Å²) >= 11 is 0. The molecule has 0 fully saturated rings. The lowest BCUT2D eigenvalue weighted by atomic mass is 10.4. The first-order valence-electron chi connectivity index (χ1n) is 3.41. The largest absolute Gasteiger partial charge is 0.432 e. The molecular weight excluding hydrogens is 144 g/mol. The first kappa shape index (κ1) is 7.78. The number of nitrogens with zero attached hydrogens (tertiary/aromatic N) is 2. The highest BCUT2D eigenvalue weighted by atomic mass is 16.4. The molecule has 0 atom stereocenters. The SMILES string of the molecule is CCC(=O)N(C)c1ncco1. The first-order valence-corrected chi connectivity index (χ1v) is 3.41. The Kier molecular flexibility index (Phi) is 2.25. The number of rotatable bonds is 2. The van der Waals surface area contributed by atoms with Crippen molar-refractivity contribution in [1.82, 2.24) is 4.98 Å². The van der Waals surface area contributed by atoms with Crippen molar-refractivity contribution in [3.63, 3.8) is 0 Å². The number of oxazole rings is 1. The third kappa shape index (κ3) is 1.58. The average molecular weight is 154 g/mol. The van der Waals surface area contributed by atoms with Crippen LogP contribution < -0.4 is 4.90 Å². The van der Waals surface area contributed by atoms with Gasteiger partial charge in [0.05, 0.1) is 6.20 Å². The summed E-state index contributed by atoms with van der Waals surface area (Å²) < 4.78 is 4.91. The molecule has 0 spiro atoms. The molecule has 1 amide bonds. The van der Waals surface area contributed by atoms with E-state index in [4.69, 9.17) is 4.42 Å². The van der Waals surface area contributed by atoms with Crippen LogP contribution in [0.1, 0.15) is 13.3 Å². The van der Waals surface area contributed by atoms with Crippen molar-refractivity contribution in [2.24, 2.45) is 0 Å². The molecule has 0 aliphatic rings. The van der Waals surface area contributed by atoms with Crippen molar-refractivity contribution in [3.05, 3.63) is 12.5 Å². The van der Waals surface area contributed by atoms with Crippen LogP contribution in [0.3, 0.4) is 0 Å². The van der Waals surface area contributed by atoms with Gasteiger partial charge in [0.1, 0.15) is 6.26 Å². The summed E-state index contributed by atoms with van der Waals surface area (Å²) in [5, 5.41) is 0. The maximum Gasteiger partial charge on any atom is 0.303 e. The molecule has 0 aliphatic carbocycles. The number of hydrogen-bond donors (Lipinski definition) is 0. The Hall–Kier alpha value is -1.32. The van der Waals surface area contributed by atoms with E-state index in [9.17, 15) is 4.79 Å². The Morgan fingerprint density at radius 2 is 2.55 bits per heavy atom. The van der Waals surface area contributed by atoms with Crippen LogP contribution in [-0.2, 0) is 4.79 Å². The smallest absolute Gasteiger partial charge is 0.303 e. The van der Waals surface area contributed by atoms with Crippen LogP contribution in [0.25, 0.3) is 0 Å². The standard InChI is InChI=1S/C7H10N2O2/c1-3-6(10)9(2)7-8-4-5-11-7/h4-5H,3H2,1-2H3. The van der Waals surface area contributed by atoms with Gasteiger partial charge < -0.3 is 4.42 Å². The second-order valence-corrected chi connectivity index (χ2v) is 2.12. The van der Waals surface area contributed by atoms with Crippen LogP contribution in [0.4, 0.5) is 6.01 Å². The summed E-state index contributed by atoms with van der Waals surface area (Å²) in [5.41, 5.74) is 0. The maximum atomic E-state index is 11.0. The summed E-state index contributed by atoms with van der Waals surface area (Å²) in [6, 6.07) is 0.344. The minimum absolute atomic E-state index is 0.00699. The summed E-state index contributed by atoms with van der Waals surface area (Å²) in [6.45, 7) is 1.79. The average Bonchev–Trinajstić information content (AvgIpc) is 2.53. The third-order valence-electron chi connectivity index (χ3n) is 1.38. The van der Waals surface area contributed by atoms with Crippen LogP contribution in [0, 0.1) is 0 Å². The fraction of sp³-hybridized carbons (Fsp3) is 0.429. The number of aromatic nitrogens is 1. The van der Waals surface area contributed by atoms with E-state index in [2.05, 4.69) is 4.98 Å². The van der Waals surface area contributed by atoms with Crippen LogP contribution >= 0.6 is 0 Å².